The largest absolute Gasteiger partial charge is 0.361 e. The van der Waals surface area contributed by atoms with Crippen LogP contribution in [0.1, 0.15) is 34.2 Å². The van der Waals surface area contributed by atoms with E-state index >= 15 is 0 Å². The van der Waals surface area contributed by atoms with E-state index in [1.807, 2.05) is 44.0 Å². The van der Waals surface area contributed by atoms with Crippen LogP contribution in [0.4, 0.5) is 0 Å². The number of benzene rings is 2. The molecule has 0 fully saturated rings. The number of carbonyl (C=O) groups excluding carboxylic acids is 1. The van der Waals surface area contributed by atoms with Crippen LogP contribution < -0.4 is 0 Å². The first-order valence-electron chi connectivity index (χ1n) is 8.43. The van der Waals surface area contributed by atoms with E-state index < -0.39 is 0 Å². The lowest BCUT2D eigenvalue weighted by atomic mass is 9.86. The zero-order valence-electron chi connectivity index (χ0n) is 14.6. The average Bonchev–Trinajstić information content (AvgIpc) is 2.95. The molecule has 4 heteroatoms. The Bertz CT molecular complexity index is 924. The molecule has 1 amide bonds. The Balaban J connectivity index is 1.90. The Morgan fingerprint density at radius 1 is 1.12 bits per heavy atom. The highest BCUT2D eigenvalue weighted by molar-refractivity contribution is 5.83. The van der Waals surface area contributed by atoms with E-state index in [4.69, 9.17) is 4.52 Å². The molecule has 0 unspecified atom stereocenters. The predicted octanol–water partition coefficient (Wildman–Crippen LogP) is 4.06. The van der Waals surface area contributed by atoms with Gasteiger partial charge in [0.1, 0.15) is 5.76 Å². The van der Waals surface area contributed by atoms with Gasteiger partial charge in [-0.25, -0.2) is 0 Å². The Hall–Kier alpha value is -2.88. The minimum atomic E-state index is -0.0714. The number of carbonyl (C=O) groups is 1. The Labute approximate surface area is 147 Å². The van der Waals surface area contributed by atoms with Crippen molar-refractivity contribution < 1.29 is 9.32 Å². The van der Waals surface area contributed by atoms with Gasteiger partial charge in [-0.3, -0.25) is 4.79 Å². The number of amides is 1. The van der Waals surface area contributed by atoms with Gasteiger partial charge in [-0.15, -0.1) is 0 Å². The quantitative estimate of drug-likeness (QED) is 0.711. The maximum Gasteiger partial charge on any atom is 0.227 e. The van der Waals surface area contributed by atoms with Crippen molar-refractivity contribution in [3.05, 3.63) is 76.7 Å². The van der Waals surface area contributed by atoms with Gasteiger partial charge in [-0.05, 0) is 42.2 Å². The van der Waals surface area contributed by atoms with Crippen LogP contribution >= 0.6 is 0 Å². The Morgan fingerprint density at radius 2 is 1.88 bits per heavy atom. The van der Waals surface area contributed by atoms with Crippen LogP contribution in [0.2, 0.25) is 0 Å². The molecular formula is C21H20N2O2. The molecule has 0 saturated carbocycles. The summed E-state index contributed by atoms with van der Waals surface area (Å²) < 4.78 is 5.33. The number of aromatic nitrogens is 1. The molecule has 126 valence electrons. The fraction of sp³-hybridized carbons (Fsp3) is 0.238. The number of fused-ring (bicyclic) bond motifs is 1. The number of hydrogen-bond acceptors (Lipinski definition) is 3. The summed E-state index contributed by atoms with van der Waals surface area (Å²) in [4.78, 5) is 14.3. The van der Waals surface area contributed by atoms with Crippen LogP contribution in [0.3, 0.4) is 0 Å². The number of rotatable bonds is 2. The maximum absolute atomic E-state index is 12.5. The molecule has 0 bridgehead atoms. The highest BCUT2D eigenvalue weighted by Gasteiger charge is 2.31. The molecule has 1 aliphatic heterocycles. The summed E-state index contributed by atoms with van der Waals surface area (Å²) in [7, 11) is 1.88. The van der Waals surface area contributed by atoms with Crippen molar-refractivity contribution in [2.24, 2.45) is 0 Å². The molecule has 0 N–H and O–H groups in total. The van der Waals surface area contributed by atoms with Crippen molar-refractivity contribution >= 4 is 5.91 Å². The van der Waals surface area contributed by atoms with Crippen molar-refractivity contribution in [1.82, 2.24) is 10.1 Å². The fourth-order valence-electron chi connectivity index (χ4n) is 3.74. The highest BCUT2D eigenvalue weighted by atomic mass is 16.5. The zero-order valence-corrected chi connectivity index (χ0v) is 14.6. The summed E-state index contributed by atoms with van der Waals surface area (Å²) in [6.07, 6.45) is 0.442. The van der Waals surface area contributed by atoms with Gasteiger partial charge in [0.25, 0.3) is 0 Å². The molecule has 2 aromatic carbocycles. The maximum atomic E-state index is 12.5. The average molecular weight is 332 g/mol. The lowest BCUT2D eigenvalue weighted by molar-refractivity contribution is -0.131. The van der Waals surface area contributed by atoms with Crippen LogP contribution in [-0.2, 0) is 11.2 Å². The molecule has 1 aromatic heterocycles. The topological polar surface area (TPSA) is 46.3 Å². The molecular weight excluding hydrogens is 312 g/mol. The van der Waals surface area contributed by atoms with Crippen molar-refractivity contribution in [2.45, 2.75) is 26.3 Å². The van der Waals surface area contributed by atoms with E-state index in [2.05, 4.69) is 35.5 Å². The predicted molar refractivity (Wildman–Crippen MR) is 96.2 cm³/mol. The van der Waals surface area contributed by atoms with Crippen LogP contribution in [0.25, 0.3) is 11.1 Å². The van der Waals surface area contributed by atoms with Crippen molar-refractivity contribution in [3.8, 4) is 11.1 Å². The fourth-order valence-corrected chi connectivity index (χ4v) is 3.74. The van der Waals surface area contributed by atoms with Crippen LogP contribution in [0.15, 0.2) is 53.1 Å². The standard InChI is InChI=1S/C21H20N2O2/c1-13-20(14(2)25-22-13)17-10-9-16-12-19(24)23(3)21(18(16)11-17)15-7-5-4-6-8-15/h4-11,21H,12H2,1-3H3/t21-/m0/s1. The highest BCUT2D eigenvalue weighted by Crippen LogP contribution is 2.38. The second-order valence-electron chi connectivity index (χ2n) is 6.61. The van der Waals surface area contributed by atoms with Crippen molar-refractivity contribution in [1.29, 1.82) is 0 Å². The second-order valence-corrected chi connectivity index (χ2v) is 6.61. The lowest BCUT2D eigenvalue weighted by Gasteiger charge is -2.35. The number of likely N-dealkylation sites (N-methyl/N-ethyl adjacent to an activating group) is 1. The third-order valence-electron chi connectivity index (χ3n) is 5.00. The van der Waals surface area contributed by atoms with Gasteiger partial charge >= 0.3 is 0 Å². The molecule has 0 saturated heterocycles. The first-order valence-corrected chi connectivity index (χ1v) is 8.43. The molecule has 1 aliphatic rings. The van der Waals surface area contributed by atoms with E-state index in [1.54, 1.807) is 0 Å². The molecule has 3 aromatic rings. The van der Waals surface area contributed by atoms with Crippen LogP contribution in [0.5, 0.6) is 0 Å². The van der Waals surface area contributed by atoms with Gasteiger partial charge < -0.3 is 9.42 Å². The van der Waals surface area contributed by atoms with Gasteiger partial charge in [-0.1, -0.05) is 47.6 Å². The Kier molecular flexibility index (Phi) is 3.68. The molecule has 2 heterocycles. The molecule has 0 aliphatic carbocycles. The van der Waals surface area contributed by atoms with E-state index in [1.165, 1.54) is 5.56 Å². The van der Waals surface area contributed by atoms with Crippen molar-refractivity contribution in [3.63, 3.8) is 0 Å². The van der Waals surface area contributed by atoms with Gasteiger partial charge in [0, 0.05) is 12.6 Å². The lowest BCUT2D eigenvalue weighted by Crippen LogP contribution is -2.37. The molecule has 4 rings (SSSR count). The smallest absolute Gasteiger partial charge is 0.227 e. The monoisotopic (exact) mass is 332 g/mol. The minimum Gasteiger partial charge on any atom is -0.361 e. The summed E-state index contributed by atoms with van der Waals surface area (Å²) in [5.41, 5.74) is 6.38. The first-order chi connectivity index (χ1) is 12.1. The number of aryl methyl sites for hydroxylation is 2. The molecule has 4 nitrogen and oxygen atoms in total. The van der Waals surface area contributed by atoms with Gasteiger partial charge in [0.15, 0.2) is 0 Å². The third-order valence-corrected chi connectivity index (χ3v) is 5.00. The zero-order chi connectivity index (χ0) is 17.6. The number of nitrogens with zero attached hydrogens (tertiary/aromatic N) is 2. The van der Waals surface area contributed by atoms with E-state index in [0.29, 0.717) is 6.42 Å². The minimum absolute atomic E-state index is 0.0714. The SMILES string of the molecule is Cc1noc(C)c1-c1ccc2c(c1)[C@H](c1ccccc1)N(C)C(=O)C2. The molecule has 0 radical (unpaired) electrons. The summed E-state index contributed by atoms with van der Waals surface area (Å²) in [6.45, 7) is 3.88. The van der Waals surface area contributed by atoms with Crippen molar-refractivity contribution in [2.75, 3.05) is 7.05 Å². The molecule has 0 spiro atoms. The summed E-state index contributed by atoms with van der Waals surface area (Å²) in [6, 6.07) is 16.4. The number of hydrogen-bond donors (Lipinski definition) is 0. The van der Waals surface area contributed by atoms with Gasteiger partial charge in [0.05, 0.1) is 18.2 Å². The normalized spacial score (nSPS) is 16.8. The van der Waals surface area contributed by atoms with Crippen LogP contribution in [-0.4, -0.2) is 23.0 Å². The first kappa shape index (κ1) is 15.6. The Morgan fingerprint density at radius 3 is 2.56 bits per heavy atom. The summed E-state index contributed by atoms with van der Waals surface area (Å²) in [5.74, 6) is 0.959. The molecule has 1 atom stereocenters. The summed E-state index contributed by atoms with van der Waals surface area (Å²) >= 11 is 0. The van der Waals surface area contributed by atoms with E-state index in [0.717, 1.165) is 33.7 Å². The second kappa shape index (κ2) is 5.88. The third kappa shape index (κ3) is 2.54. The van der Waals surface area contributed by atoms with E-state index in [-0.39, 0.29) is 11.9 Å². The van der Waals surface area contributed by atoms with E-state index in [9.17, 15) is 4.79 Å². The van der Waals surface area contributed by atoms with Crippen LogP contribution in [0, 0.1) is 13.8 Å². The molecule has 25 heavy (non-hydrogen) atoms. The van der Waals surface area contributed by atoms with Gasteiger partial charge in [-0.2, -0.15) is 0 Å². The summed E-state index contributed by atoms with van der Waals surface area (Å²) in [5, 5.41) is 4.07. The van der Waals surface area contributed by atoms with Gasteiger partial charge in [0.2, 0.25) is 5.91 Å².